The summed E-state index contributed by atoms with van der Waals surface area (Å²) in [6, 6.07) is 22.4. The highest BCUT2D eigenvalue weighted by Crippen LogP contribution is 2.28. The Hall–Kier alpha value is -4.80. The molecule has 1 fully saturated rings. The summed E-state index contributed by atoms with van der Waals surface area (Å²) in [4.78, 5) is 35.4. The lowest BCUT2D eigenvalue weighted by Gasteiger charge is -2.26. The smallest absolute Gasteiger partial charge is 0.330 e. The molecule has 2 heterocycles. The van der Waals surface area contributed by atoms with E-state index in [2.05, 4.69) is 25.5 Å². The standard InChI is InChI=1S/C31H31N5O5/c37-29(13-14-30(38)40-18-4-15-36-16-19-39-20-17-36)34-24-9-12-28-27(21-24)31(33-22-32-28)35-23-7-10-26(11-8-23)41-25-5-2-1-3-6-25/h1-3,5-14,21-22H,4,15-20H2,(H,34,37)(H,32,33,35)/b14-13+. The average molecular weight is 554 g/mol. The van der Waals surface area contributed by atoms with Crippen LogP contribution in [0.3, 0.4) is 0 Å². The number of amides is 1. The molecule has 41 heavy (non-hydrogen) atoms. The van der Waals surface area contributed by atoms with Crippen molar-refractivity contribution in [2.24, 2.45) is 0 Å². The quantitative estimate of drug-likeness (QED) is 0.152. The zero-order chi connectivity index (χ0) is 28.3. The molecule has 0 radical (unpaired) electrons. The lowest BCUT2D eigenvalue weighted by atomic mass is 10.2. The van der Waals surface area contributed by atoms with Gasteiger partial charge in [0.2, 0.25) is 5.91 Å². The van der Waals surface area contributed by atoms with Crippen LogP contribution in [-0.2, 0) is 19.1 Å². The third-order valence-corrected chi connectivity index (χ3v) is 6.34. The number of para-hydroxylation sites is 1. The molecule has 4 aromatic rings. The molecule has 0 bridgehead atoms. The van der Waals surface area contributed by atoms with Crippen LogP contribution in [0, 0.1) is 0 Å². The van der Waals surface area contributed by atoms with Crippen LogP contribution in [-0.4, -0.2) is 66.2 Å². The highest BCUT2D eigenvalue weighted by molar-refractivity contribution is 6.04. The molecule has 1 amide bonds. The molecule has 210 valence electrons. The van der Waals surface area contributed by atoms with Crippen molar-refractivity contribution < 1.29 is 23.8 Å². The van der Waals surface area contributed by atoms with Gasteiger partial charge in [0.05, 0.1) is 25.3 Å². The number of carbonyl (C=O) groups excluding carboxylic acids is 2. The molecule has 1 saturated heterocycles. The first-order valence-corrected chi connectivity index (χ1v) is 13.4. The van der Waals surface area contributed by atoms with Gasteiger partial charge in [-0.1, -0.05) is 18.2 Å². The molecule has 0 saturated carbocycles. The summed E-state index contributed by atoms with van der Waals surface area (Å²) in [5, 5.41) is 6.79. The van der Waals surface area contributed by atoms with E-state index in [0.29, 0.717) is 29.4 Å². The highest BCUT2D eigenvalue weighted by Gasteiger charge is 2.10. The predicted molar refractivity (Wildman–Crippen MR) is 156 cm³/mol. The topological polar surface area (TPSA) is 115 Å². The van der Waals surface area contributed by atoms with Gasteiger partial charge in [0.15, 0.2) is 0 Å². The van der Waals surface area contributed by atoms with Crippen molar-refractivity contribution in [1.29, 1.82) is 0 Å². The summed E-state index contributed by atoms with van der Waals surface area (Å²) in [5.74, 6) is 1.05. The van der Waals surface area contributed by atoms with Gasteiger partial charge in [-0.15, -0.1) is 0 Å². The maximum Gasteiger partial charge on any atom is 0.330 e. The molecule has 0 aliphatic carbocycles. The number of hydrogen-bond donors (Lipinski definition) is 2. The Morgan fingerprint density at radius 1 is 0.902 bits per heavy atom. The second-order valence-corrected chi connectivity index (χ2v) is 9.32. The lowest BCUT2D eigenvalue weighted by molar-refractivity contribution is -0.138. The first-order valence-electron chi connectivity index (χ1n) is 13.4. The average Bonchev–Trinajstić information content (AvgIpc) is 3.00. The van der Waals surface area contributed by atoms with Crippen molar-refractivity contribution in [1.82, 2.24) is 14.9 Å². The molecule has 1 aliphatic rings. The number of rotatable bonds is 11. The summed E-state index contributed by atoms with van der Waals surface area (Å²) in [7, 11) is 0. The number of hydrogen-bond acceptors (Lipinski definition) is 9. The first-order chi connectivity index (χ1) is 20.1. The van der Waals surface area contributed by atoms with E-state index < -0.39 is 11.9 Å². The van der Waals surface area contributed by atoms with Gasteiger partial charge in [-0.2, -0.15) is 0 Å². The van der Waals surface area contributed by atoms with E-state index in [0.717, 1.165) is 68.2 Å². The minimum atomic E-state index is -0.555. The van der Waals surface area contributed by atoms with Crippen LogP contribution >= 0.6 is 0 Å². The van der Waals surface area contributed by atoms with E-state index in [1.165, 1.54) is 6.33 Å². The minimum absolute atomic E-state index is 0.297. The number of ether oxygens (including phenoxy) is 3. The predicted octanol–water partition coefficient (Wildman–Crippen LogP) is 4.93. The second kappa shape index (κ2) is 14.0. The van der Waals surface area contributed by atoms with Crippen molar-refractivity contribution in [3.63, 3.8) is 0 Å². The van der Waals surface area contributed by atoms with Gasteiger partial charge in [-0.3, -0.25) is 9.69 Å². The zero-order valence-corrected chi connectivity index (χ0v) is 22.5. The Morgan fingerprint density at radius 2 is 1.66 bits per heavy atom. The summed E-state index contributed by atoms with van der Waals surface area (Å²) in [6.07, 6.45) is 4.50. The van der Waals surface area contributed by atoms with Crippen LogP contribution in [0.5, 0.6) is 11.5 Å². The highest BCUT2D eigenvalue weighted by atomic mass is 16.5. The van der Waals surface area contributed by atoms with E-state index >= 15 is 0 Å². The molecular formula is C31H31N5O5. The van der Waals surface area contributed by atoms with Crippen molar-refractivity contribution in [3.05, 3.63) is 91.3 Å². The molecule has 0 spiro atoms. The summed E-state index contributed by atoms with van der Waals surface area (Å²) >= 11 is 0. The van der Waals surface area contributed by atoms with Crippen molar-refractivity contribution in [3.8, 4) is 11.5 Å². The Kier molecular flexibility index (Phi) is 9.49. The molecule has 10 nitrogen and oxygen atoms in total. The number of aromatic nitrogens is 2. The van der Waals surface area contributed by atoms with Crippen LogP contribution in [0.4, 0.5) is 17.2 Å². The minimum Gasteiger partial charge on any atom is -0.462 e. The van der Waals surface area contributed by atoms with Gasteiger partial charge >= 0.3 is 5.97 Å². The molecule has 1 aromatic heterocycles. The molecule has 1 aliphatic heterocycles. The number of esters is 1. The number of carbonyl (C=O) groups is 2. The van der Waals surface area contributed by atoms with Crippen molar-refractivity contribution in [2.75, 3.05) is 50.1 Å². The largest absolute Gasteiger partial charge is 0.462 e. The Labute approximate surface area is 238 Å². The van der Waals surface area contributed by atoms with Gasteiger partial charge in [0.25, 0.3) is 0 Å². The third-order valence-electron chi connectivity index (χ3n) is 6.34. The van der Waals surface area contributed by atoms with Crippen LogP contribution in [0.25, 0.3) is 10.9 Å². The SMILES string of the molecule is O=C(/C=C/C(=O)OCCCN1CCOCC1)Nc1ccc2ncnc(Nc3ccc(Oc4ccccc4)cc3)c2c1. The third kappa shape index (κ3) is 8.34. The lowest BCUT2D eigenvalue weighted by Crippen LogP contribution is -2.37. The van der Waals surface area contributed by atoms with Crippen LogP contribution in [0.15, 0.2) is 91.3 Å². The fourth-order valence-electron chi connectivity index (χ4n) is 4.26. The number of fused-ring (bicyclic) bond motifs is 1. The van der Waals surface area contributed by atoms with Crippen molar-refractivity contribution >= 4 is 40.0 Å². The van der Waals surface area contributed by atoms with Crippen LogP contribution < -0.4 is 15.4 Å². The Morgan fingerprint density at radius 3 is 2.46 bits per heavy atom. The molecule has 3 aromatic carbocycles. The fraction of sp³-hybridized carbons (Fsp3) is 0.226. The molecule has 0 unspecified atom stereocenters. The summed E-state index contributed by atoms with van der Waals surface area (Å²) < 4.78 is 16.4. The number of anilines is 3. The van der Waals surface area contributed by atoms with E-state index in [1.807, 2.05) is 54.6 Å². The van der Waals surface area contributed by atoms with E-state index in [4.69, 9.17) is 14.2 Å². The van der Waals surface area contributed by atoms with E-state index in [-0.39, 0.29) is 0 Å². The molecular weight excluding hydrogens is 522 g/mol. The normalized spacial score (nSPS) is 13.7. The van der Waals surface area contributed by atoms with Gasteiger partial charge < -0.3 is 24.8 Å². The zero-order valence-electron chi connectivity index (χ0n) is 22.5. The second-order valence-electron chi connectivity index (χ2n) is 9.32. The summed E-state index contributed by atoms with van der Waals surface area (Å²) in [6.45, 7) is 4.40. The summed E-state index contributed by atoms with van der Waals surface area (Å²) in [5.41, 5.74) is 2.06. The van der Waals surface area contributed by atoms with E-state index in [1.54, 1.807) is 18.2 Å². The van der Waals surface area contributed by atoms with Gasteiger partial charge in [0, 0.05) is 48.5 Å². The maximum absolute atomic E-state index is 12.4. The van der Waals surface area contributed by atoms with Crippen molar-refractivity contribution in [2.45, 2.75) is 6.42 Å². The van der Waals surface area contributed by atoms with Gasteiger partial charge in [0.1, 0.15) is 23.6 Å². The first kappa shape index (κ1) is 27.8. The number of morpholine rings is 1. The number of nitrogens with one attached hydrogen (secondary N) is 2. The van der Waals surface area contributed by atoms with Crippen LogP contribution in [0.1, 0.15) is 6.42 Å². The molecule has 10 heteroatoms. The van der Waals surface area contributed by atoms with Crippen LogP contribution in [0.2, 0.25) is 0 Å². The molecule has 0 atom stereocenters. The number of nitrogens with zero attached hydrogens (tertiary/aromatic N) is 3. The fourth-order valence-corrected chi connectivity index (χ4v) is 4.26. The maximum atomic E-state index is 12.4. The molecule has 2 N–H and O–H groups in total. The Balaban J connectivity index is 1.14. The number of benzene rings is 3. The van der Waals surface area contributed by atoms with Gasteiger partial charge in [-0.25, -0.2) is 14.8 Å². The van der Waals surface area contributed by atoms with E-state index in [9.17, 15) is 9.59 Å². The Bertz CT molecular complexity index is 1490. The van der Waals surface area contributed by atoms with Gasteiger partial charge in [-0.05, 0) is 61.0 Å². The monoisotopic (exact) mass is 553 g/mol. The molecule has 5 rings (SSSR count).